The van der Waals surface area contributed by atoms with E-state index in [4.69, 9.17) is 9.47 Å². The molecule has 3 aromatic rings. The van der Waals surface area contributed by atoms with Crippen LogP contribution in [0.3, 0.4) is 0 Å². The summed E-state index contributed by atoms with van der Waals surface area (Å²) in [5.41, 5.74) is 2.38. The molecule has 0 spiro atoms. The van der Waals surface area contributed by atoms with Crippen LogP contribution in [-0.4, -0.2) is 45.0 Å². The second-order valence-corrected chi connectivity index (χ2v) is 6.15. The minimum atomic E-state index is -0.528. The van der Waals surface area contributed by atoms with E-state index < -0.39 is 17.2 Å². The molecular formula is C18H20N6O5. The minimum absolute atomic E-state index is 0.158. The fraction of sp³-hybridized carbons (Fsp3) is 0.278. The maximum Gasteiger partial charge on any atom is 0.332 e. The maximum atomic E-state index is 12.4. The first-order chi connectivity index (χ1) is 13.9. The summed E-state index contributed by atoms with van der Waals surface area (Å²) in [6.07, 6.45) is 2.77. The summed E-state index contributed by atoms with van der Waals surface area (Å²) in [7, 11) is 5.94. The molecule has 0 saturated heterocycles. The number of imidazole rings is 1. The maximum absolute atomic E-state index is 12.4. The molecule has 1 amide bonds. The van der Waals surface area contributed by atoms with Crippen molar-refractivity contribution in [2.45, 2.75) is 6.54 Å². The number of hydrogen-bond donors (Lipinski definition) is 1. The van der Waals surface area contributed by atoms with Gasteiger partial charge in [0.05, 0.1) is 26.8 Å². The SMILES string of the molecule is COc1ccc(C=NNC(=O)Cn2cnc3c2c(=O)n(C)c(=O)n3C)c(OC)c1. The second kappa shape index (κ2) is 8.00. The molecule has 0 fully saturated rings. The number of amides is 1. The summed E-state index contributed by atoms with van der Waals surface area (Å²) < 4.78 is 14.0. The van der Waals surface area contributed by atoms with Crippen LogP contribution < -0.4 is 26.1 Å². The van der Waals surface area contributed by atoms with Crippen LogP contribution in [0.2, 0.25) is 0 Å². The van der Waals surface area contributed by atoms with Crippen LogP contribution in [0.15, 0.2) is 39.2 Å². The highest BCUT2D eigenvalue weighted by atomic mass is 16.5. The van der Waals surface area contributed by atoms with Gasteiger partial charge in [0.25, 0.3) is 11.5 Å². The van der Waals surface area contributed by atoms with Gasteiger partial charge >= 0.3 is 5.69 Å². The van der Waals surface area contributed by atoms with E-state index in [1.807, 2.05) is 0 Å². The summed E-state index contributed by atoms with van der Waals surface area (Å²) in [6, 6.07) is 5.17. The zero-order chi connectivity index (χ0) is 21.1. The van der Waals surface area contributed by atoms with Crippen LogP contribution in [0.5, 0.6) is 11.5 Å². The van der Waals surface area contributed by atoms with Crippen molar-refractivity contribution >= 4 is 23.3 Å². The van der Waals surface area contributed by atoms with E-state index in [0.29, 0.717) is 17.1 Å². The molecule has 11 nitrogen and oxygen atoms in total. The van der Waals surface area contributed by atoms with Crippen molar-refractivity contribution in [3.63, 3.8) is 0 Å². The van der Waals surface area contributed by atoms with E-state index in [-0.39, 0.29) is 17.7 Å². The van der Waals surface area contributed by atoms with Gasteiger partial charge in [-0.25, -0.2) is 15.2 Å². The molecule has 0 radical (unpaired) electrons. The highest BCUT2D eigenvalue weighted by Gasteiger charge is 2.15. The Kier molecular flexibility index (Phi) is 5.48. The molecule has 2 heterocycles. The molecule has 0 atom stereocenters. The largest absolute Gasteiger partial charge is 0.497 e. The molecule has 1 aromatic carbocycles. The summed E-state index contributed by atoms with van der Waals surface area (Å²) >= 11 is 0. The highest BCUT2D eigenvalue weighted by Crippen LogP contribution is 2.22. The average molecular weight is 400 g/mol. The number of carbonyl (C=O) groups is 1. The molecule has 0 bridgehead atoms. The van der Waals surface area contributed by atoms with Gasteiger partial charge in [-0.1, -0.05) is 0 Å². The van der Waals surface area contributed by atoms with Gasteiger partial charge in [0, 0.05) is 25.7 Å². The van der Waals surface area contributed by atoms with Crippen molar-refractivity contribution in [1.82, 2.24) is 24.1 Å². The third kappa shape index (κ3) is 3.74. The number of methoxy groups -OCH3 is 2. The monoisotopic (exact) mass is 400 g/mol. The van der Waals surface area contributed by atoms with Gasteiger partial charge in [-0.2, -0.15) is 5.10 Å². The molecule has 0 saturated carbocycles. The zero-order valence-corrected chi connectivity index (χ0v) is 16.4. The van der Waals surface area contributed by atoms with E-state index in [1.165, 1.54) is 42.9 Å². The topological polar surface area (TPSA) is 122 Å². The van der Waals surface area contributed by atoms with E-state index >= 15 is 0 Å². The van der Waals surface area contributed by atoms with Crippen molar-refractivity contribution in [2.75, 3.05) is 14.2 Å². The number of hydrogen-bond acceptors (Lipinski definition) is 7. The molecule has 152 valence electrons. The molecule has 11 heteroatoms. The Morgan fingerprint density at radius 2 is 1.97 bits per heavy atom. The molecule has 1 N–H and O–H groups in total. The standard InChI is InChI=1S/C18H20N6O5/c1-22-16-15(17(26)23(2)18(22)27)24(10-19-16)9-14(25)21-20-8-11-5-6-12(28-3)7-13(11)29-4/h5-8,10H,9H2,1-4H3,(H,21,25). The van der Waals surface area contributed by atoms with Crippen molar-refractivity contribution in [3.8, 4) is 11.5 Å². The normalized spacial score (nSPS) is 11.2. The molecule has 29 heavy (non-hydrogen) atoms. The summed E-state index contributed by atoms with van der Waals surface area (Å²) in [5.74, 6) is 0.697. The summed E-state index contributed by atoms with van der Waals surface area (Å²) in [4.78, 5) is 40.7. The van der Waals surface area contributed by atoms with Gasteiger partial charge < -0.3 is 14.0 Å². The van der Waals surface area contributed by atoms with Gasteiger partial charge in [0.1, 0.15) is 18.0 Å². The molecular weight excluding hydrogens is 380 g/mol. The number of ether oxygens (including phenoxy) is 2. The molecule has 0 aliphatic heterocycles. The number of hydrazone groups is 1. The van der Waals surface area contributed by atoms with Gasteiger partial charge in [-0.15, -0.1) is 0 Å². The number of aromatic nitrogens is 4. The van der Waals surface area contributed by atoms with E-state index in [0.717, 1.165) is 4.57 Å². The van der Waals surface area contributed by atoms with Crippen LogP contribution in [-0.2, 0) is 25.4 Å². The first-order valence-corrected chi connectivity index (χ1v) is 8.52. The number of aryl methyl sites for hydroxylation is 1. The third-order valence-corrected chi connectivity index (χ3v) is 4.36. The van der Waals surface area contributed by atoms with E-state index in [1.54, 1.807) is 25.3 Å². The summed E-state index contributed by atoms with van der Waals surface area (Å²) in [6.45, 7) is -0.193. The Hall–Kier alpha value is -3.89. The lowest BCUT2D eigenvalue weighted by molar-refractivity contribution is -0.121. The van der Waals surface area contributed by atoms with Crippen LogP contribution >= 0.6 is 0 Å². The Labute approximate surface area is 164 Å². The number of nitrogens with one attached hydrogen (secondary N) is 1. The lowest BCUT2D eigenvalue weighted by atomic mass is 10.2. The van der Waals surface area contributed by atoms with Crippen LogP contribution in [0.1, 0.15) is 5.56 Å². The van der Waals surface area contributed by atoms with Crippen molar-refractivity contribution in [1.29, 1.82) is 0 Å². The number of nitrogens with zero attached hydrogens (tertiary/aromatic N) is 5. The molecule has 0 unspecified atom stereocenters. The first-order valence-electron chi connectivity index (χ1n) is 8.52. The number of carbonyl (C=O) groups excluding carboxylic acids is 1. The van der Waals surface area contributed by atoms with Crippen LogP contribution in [0.4, 0.5) is 0 Å². The first kappa shape index (κ1) is 19.9. The smallest absolute Gasteiger partial charge is 0.332 e. The quantitative estimate of drug-likeness (QED) is 0.444. The van der Waals surface area contributed by atoms with Gasteiger partial charge in [0.15, 0.2) is 11.2 Å². The Bertz CT molecular complexity index is 1220. The Balaban J connectivity index is 1.78. The second-order valence-electron chi connectivity index (χ2n) is 6.15. The molecule has 0 aliphatic rings. The molecule has 0 aliphatic carbocycles. The fourth-order valence-corrected chi connectivity index (χ4v) is 2.81. The van der Waals surface area contributed by atoms with Crippen molar-refractivity contribution < 1.29 is 14.3 Å². The van der Waals surface area contributed by atoms with Gasteiger partial charge in [0.2, 0.25) is 0 Å². The van der Waals surface area contributed by atoms with Gasteiger partial charge in [-0.05, 0) is 12.1 Å². The van der Waals surface area contributed by atoms with Crippen molar-refractivity contribution in [3.05, 3.63) is 50.9 Å². The number of fused-ring (bicyclic) bond motifs is 1. The number of benzene rings is 1. The molecule has 2 aromatic heterocycles. The Morgan fingerprint density at radius 1 is 1.21 bits per heavy atom. The van der Waals surface area contributed by atoms with Crippen LogP contribution in [0.25, 0.3) is 11.2 Å². The predicted molar refractivity (Wildman–Crippen MR) is 105 cm³/mol. The average Bonchev–Trinajstić information content (AvgIpc) is 3.14. The Morgan fingerprint density at radius 3 is 2.66 bits per heavy atom. The van der Waals surface area contributed by atoms with E-state index in [9.17, 15) is 14.4 Å². The predicted octanol–water partition coefficient (Wildman–Crippen LogP) is -0.399. The fourth-order valence-electron chi connectivity index (χ4n) is 2.81. The highest BCUT2D eigenvalue weighted by molar-refractivity contribution is 5.86. The van der Waals surface area contributed by atoms with E-state index in [2.05, 4.69) is 15.5 Å². The lowest BCUT2D eigenvalue weighted by Crippen LogP contribution is -2.38. The lowest BCUT2D eigenvalue weighted by Gasteiger charge is -2.07. The molecule has 3 rings (SSSR count). The van der Waals surface area contributed by atoms with Crippen molar-refractivity contribution in [2.24, 2.45) is 19.2 Å². The van der Waals surface area contributed by atoms with Crippen LogP contribution in [0, 0.1) is 0 Å². The zero-order valence-electron chi connectivity index (χ0n) is 16.4. The van der Waals surface area contributed by atoms with Gasteiger partial charge in [-0.3, -0.25) is 18.7 Å². The minimum Gasteiger partial charge on any atom is -0.497 e. The summed E-state index contributed by atoms with van der Waals surface area (Å²) in [5, 5.41) is 3.92. The third-order valence-electron chi connectivity index (χ3n) is 4.36. The number of rotatable bonds is 6.